The third-order valence-corrected chi connectivity index (χ3v) is 3.56. The van der Waals surface area contributed by atoms with E-state index >= 15 is 0 Å². The quantitative estimate of drug-likeness (QED) is 0.716. The first kappa shape index (κ1) is 14.3. The topological polar surface area (TPSA) is 18.5 Å². The van der Waals surface area contributed by atoms with Crippen molar-refractivity contribution in [1.29, 1.82) is 0 Å². The van der Waals surface area contributed by atoms with E-state index in [0.717, 1.165) is 18.8 Å². The average Bonchev–Trinajstić information content (AvgIpc) is 2.46. The van der Waals surface area contributed by atoms with Crippen molar-refractivity contribution >= 4 is 22.6 Å². The van der Waals surface area contributed by atoms with Gasteiger partial charge in [0.15, 0.2) is 0 Å². The molecule has 3 heteroatoms. The number of hydrogen-bond acceptors (Lipinski definition) is 2. The lowest BCUT2D eigenvalue weighted by Crippen LogP contribution is -1.97. The first-order valence-corrected chi connectivity index (χ1v) is 7.31. The predicted octanol–water partition coefficient (Wildman–Crippen LogP) is 4.06. The van der Waals surface area contributed by atoms with Gasteiger partial charge in [0.25, 0.3) is 0 Å². The van der Waals surface area contributed by atoms with Crippen LogP contribution in [0.2, 0.25) is 0 Å². The molecule has 2 rings (SSSR count). The van der Waals surface area contributed by atoms with Gasteiger partial charge in [-0.15, -0.1) is 0 Å². The summed E-state index contributed by atoms with van der Waals surface area (Å²) in [5, 5.41) is 0. The second-order valence-corrected chi connectivity index (χ2v) is 5.55. The minimum atomic E-state index is 0.605. The highest BCUT2D eigenvalue weighted by molar-refractivity contribution is 14.1. The second-order valence-electron chi connectivity index (χ2n) is 4.30. The molecule has 0 N–H and O–H groups in total. The van der Waals surface area contributed by atoms with E-state index in [4.69, 9.17) is 9.47 Å². The number of ether oxygens (including phenoxy) is 2. The summed E-state index contributed by atoms with van der Waals surface area (Å²) >= 11 is 2.30. The normalized spacial score (nSPS) is 10.4. The summed E-state index contributed by atoms with van der Waals surface area (Å²) in [7, 11) is 1.72. The monoisotopic (exact) mass is 368 g/mol. The molecule has 0 bridgehead atoms. The molecule has 0 radical (unpaired) electrons. The Morgan fingerprint density at radius 1 is 0.895 bits per heavy atom. The Bertz CT molecular complexity index is 491. The smallest absolute Gasteiger partial charge is 0.119 e. The van der Waals surface area contributed by atoms with Gasteiger partial charge in [0, 0.05) is 10.7 Å². The van der Waals surface area contributed by atoms with Crippen LogP contribution >= 0.6 is 22.6 Å². The highest BCUT2D eigenvalue weighted by Crippen LogP contribution is 2.15. The Morgan fingerprint density at radius 2 is 1.53 bits per heavy atom. The zero-order valence-corrected chi connectivity index (χ0v) is 13.1. The van der Waals surface area contributed by atoms with Crippen LogP contribution in [0.4, 0.5) is 0 Å². The van der Waals surface area contributed by atoms with Crippen LogP contribution in [0.5, 0.6) is 5.75 Å². The fourth-order valence-electron chi connectivity index (χ4n) is 1.72. The Kier molecular flexibility index (Phi) is 5.66. The van der Waals surface area contributed by atoms with Gasteiger partial charge in [-0.25, -0.2) is 0 Å². The number of halogens is 1. The Hall–Kier alpha value is -1.07. The third-order valence-electron chi connectivity index (χ3n) is 2.84. The maximum absolute atomic E-state index is 5.76. The molecule has 0 fully saturated rings. The van der Waals surface area contributed by atoms with Crippen LogP contribution in [0.15, 0.2) is 48.5 Å². The summed E-state index contributed by atoms with van der Waals surface area (Å²) in [6.07, 6.45) is 0.938. The van der Waals surface area contributed by atoms with E-state index in [9.17, 15) is 0 Å². The van der Waals surface area contributed by atoms with Gasteiger partial charge in [0.2, 0.25) is 0 Å². The molecular weight excluding hydrogens is 351 g/mol. The molecule has 0 aliphatic heterocycles. The Balaban J connectivity index is 1.87. The lowest BCUT2D eigenvalue weighted by molar-refractivity contribution is 0.202. The minimum absolute atomic E-state index is 0.605. The van der Waals surface area contributed by atoms with Crippen molar-refractivity contribution in [2.45, 2.75) is 13.0 Å². The molecule has 0 heterocycles. The van der Waals surface area contributed by atoms with Crippen molar-refractivity contribution in [3.63, 3.8) is 0 Å². The zero-order valence-electron chi connectivity index (χ0n) is 10.9. The van der Waals surface area contributed by atoms with E-state index in [-0.39, 0.29) is 0 Å². The average molecular weight is 368 g/mol. The summed E-state index contributed by atoms with van der Waals surface area (Å²) in [4.78, 5) is 0. The number of hydrogen-bond donors (Lipinski definition) is 0. The molecule has 0 saturated carbocycles. The molecule has 0 unspecified atom stereocenters. The molecule has 0 saturated heterocycles. The zero-order chi connectivity index (χ0) is 13.5. The predicted molar refractivity (Wildman–Crippen MR) is 85.5 cm³/mol. The largest absolute Gasteiger partial charge is 0.489 e. The molecule has 19 heavy (non-hydrogen) atoms. The van der Waals surface area contributed by atoms with Crippen LogP contribution in [-0.2, 0) is 17.8 Å². The summed E-state index contributed by atoms with van der Waals surface area (Å²) < 4.78 is 12.1. The van der Waals surface area contributed by atoms with E-state index in [2.05, 4.69) is 59.0 Å². The molecule has 0 atom stereocenters. The standard InChI is InChI=1S/C16H17IO2/c1-18-11-10-13-4-8-16(9-5-13)19-12-14-2-6-15(17)7-3-14/h2-9H,10-12H2,1H3. The minimum Gasteiger partial charge on any atom is -0.489 e. The van der Waals surface area contributed by atoms with E-state index in [1.54, 1.807) is 7.11 Å². The molecule has 0 aliphatic carbocycles. The van der Waals surface area contributed by atoms with Gasteiger partial charge in [-0.05, 0) is 64.4 Å². The summed E-state index contributed by atoms with van der Waals surface area (Å²) in [6, 6.07) is 16.6. The van der Waals surface area contributed by atoms with Crippen molar-refractivity contribution in [3.05, 3.63) is 63.2 Å². The molecular formula is C16H17IO2. The molecule has 100 valence electrons. The Morgan fingerprint density at radius 3 is 2.16 bits per heavy atom. The van der Waals surface area contributed by atoms with E-state index in [1.807, 2.05) is 12.1 Å². The first-order chi connectivity index (χ1) is 9.28. The van der Waals surface area contributed by atoms with Crippen molar-refractivity contribution in [2.75, 3.05) is 13.7 Å². The first-order valence-electron chi connectivity index (χ1n) is 6.23. The second kappa shape index (κ2) is 7.50. The summed E-state index contributed by atoms with van der Waals surface area (Å²) in [5.41, 5.74) is 2.45. The van der Waals surface area contributed by atoms with E-state index in [1.165, 1.54) is 14.7 Å². The number of benzene rings is 2. The molecule has 0 aromatic heterocycles. The van der Waals surface area contributed by atoms with Crippen LogP contribution in [0.1, 0.15) is 11.1 Å². The van der Waals surface area contributed by atoms with Gasteiger partial charge >= 0.3 is 0 Å². The van der Waals surface area contributed by atoms with Crippen molar-refractivity contribution in [1.82, 2.24) is 0 Å². The molecule has 0 aliphatic rings. The van der Waals surface area contributed by atoms with Crippen LogP contribution in [0.3, 0.4) is 0 Å². The number of methoxy groups -OCH3 is 1. The molecule has 0 amide bonds. The number of rotatable bonds is 6. The molecule has 2 nitrogen and oxygen atoms in total. The van der Waals surface area contributed by atoms with Gasteiger partial charge in [-0.1, -0.05) is 24.3 Å². The van der Waals surface area contributed by atoms with Crippen molar-refractivity contribution < 1.29 is 9.47 Å². The van der Waals surface area contributed by atoms with Gasteiger partial charge in [0.1, 0.15) is 12.4 Å². The third kappa shape index (κ3) is 4.84. The maximum Gasteiger partial charge on any atom is 0.119 e. The SMILES string of the molecule is COCCc1ccc(OCc2ccc(I)cc2)cc1. The summed E-state index contributed by atoms with van der Waals surface area (Å²) in [6.45, 7) is 1.36. The van der Waals surface area contributed by atoms with Crippen molar-refractivity contribution in [2.24, 2.45) is 0 Å². The van der Waals surface area contributed by atoms with Crippen molar-refractivity contribution in [3.8, 4) is 5.75 Å². The van der Waals surface area contributed by atoms with Gasteiger partial charge in [-0.2, -0.15) is 0 Å². The molecule has 2 aromatic rings. The highest BCUT2D eigenvalue weighted by atomic mass is 127. The van der Waals surface area contributed by atoms with Gasteiger partial charge < -0.3 is 9.47 Å². The molecule has 2 aromatic carbocycles. The van der Waals surface area contributed by atoms with Gasteiger partial charge in [0.05, 0.1) is 6.61 Å². The van der Waals surface area contributed by atoms with E-state index in [0.29, 0.717) is 6.61 Å². The Labute approximate surface area is 127 Å². The van der Waals surface area contributed by atoms with Crippen LogP contribution in [0, 0.1) is 3.57 Å². The lowest BCUT2D eigenvalue weighted by atomic mass is 10.1. The van der Waals surface area contributed by atoms with Gasteiger partial charge in [-0.3, -0.25) is 0 Å². The fourth-order valence-corrected chi connectivity index (χ4v) is 2.08. The van der Waals surface area contributed by atoms with Crippen LogP contribution in [0.25, 0.3) is 0 Å². The fraction of sp³-hybridized carbons (Fsp3) is 0.250. The van der Waals surface area contributed by atoms with Crippen LogP contribution < -0.4 is 4.74 Å². The van der Waals surface area contributed by atoms with Crippen LogP contribution in [-0.4, -0.2) is 13.7 Å². The lowest BCUT2D eigenvalue weighted by Gasteiger charge is -2.07. The summed E-state index contributed by atoms with van der Waals surface area (Å²) in [5.74, 6) is 0.903. The maximum atomic E-state index is 5.76. The highest BCUT2D eigenvalue weighted by Gasteiger charge is 1.97. The van der Waals surface area contributed by atoms with E-state index < -0.39 is 0 Å². The molecule has 0 spiro atoms.